The van der Waals surface area contributed by atoms with Crippen molar-refractivity contribution >= 4 is 27.3 Å². The van der Waals surface area contributed by atoms with Crippen LogP contribution >= 0.6 is 27.3 Å². The molecule has 0 fully saturated rings. The number of ether oxygens (including phenoxy) is 2. The predicted octanol–water partition coefficient (Wildman–Crippen LogP) is 4.28. The number of hydrogen-bond donors (Lipinski definition) is 0. The number of methoxy groups -OCH3 is 1. The van der Waals surface area contributed by atoms with E-state index in [1.807, 2.05) is 18.2 Å². The molecule has 0 spiro atoms. The lowest BCUT2D eigenvalue weighted by Crippen LogP contribution is -2.00. The van der Waals surface area contributed by atoms with Crippen LogP contribution in [0, 0.1) is 0 Å². The molecule has 0 aliphatic heterocycles. The zero-order valence-corrected chi connectivity index (χ0v) is 12.6. The number of thiophene rings is 1. The van der Waals surface area contributed by atoms with Gasteiger partial charge in [0.25, 0.3) is 0 Å². The van der Waals surface area contributed by atoms with Gasteiger partial charge in [0.1, 0.15) is 5.75 Å². The van der Waals surface area contributed by atoms with E-state index in [2.05, 4.69) is 33.4 Å². The molecule has 0 atom stereocenters. The summed E-state index contributed by atoms with van der Waals surface area (Å²) >= 11 is 5.22. The van der Waals surface area contributed by atoms with Crippen molar-refractivity contribution in [3.05, 3.63) is 50.6 Å². The minimum atomic E-state index is 0.577. The highest BCUT2D eigenvalue weighted by atomic mass is 79.9. The van der Waals surface area contributed by atoms with Crippen molar-refractivity contribution in [2.24, 2.45) is 0 Å². The second-order valence-corrected chi connectivity index (χ2v) is 5.79. The van der Waals surface area contributed by atoms with E-state index in [4.69, 9.17) is 9.47 Å². The molecule has 1 heterocycles. The Kier molecular flexibility index (Phi) is 5.23. The summed E-state index contributed by atoms with van der Waals surface area (Å²) in [6.07, 6.45) is 0.966. The Labute approximate surface area is 120 Å². The van der Waals surface area contributed by atoms with Crippen LogP contribution in [-0.2, 0) is 17.8 Å². The fourth-order valence-corrected chi connectivity index (χ4v) is 2.77. The van der Waals surface area contributed by atoms with E-state index < -0.39 is 0 Å². The van der Waals surface area contributed by atoms with Gasteiger partial charge in [-0.15, -0.1) is 11.3 Å². The normalized spacial score (nSPS) is 10.6. The molecule has 2 nitrogen and oxygen atoms in total. The molecule has 0 amide bonds. The Bertz CT molecular complexity index is 483. The van der Waals surface area contributed by atoms with Crippen LogP contribution in [-0.4, -0.2) is 13.7 Å². The van der Waals surface area contributed by atoms with Crippen molar-refractivity contribution in [1.82, 2.24) is 0 Å². The fraction of sp³-hybridized carbons (Fsp3) is 0.286. The molecule has 0 unspecified atom stereocenters. The van der Waals surface area contributed by atoms with Gasteiger partial charge in [-0.25, -0.2) is 0 Å². The molecular formula is C14H15BrO2S. The molecule has 0 N–H and O–H groups in total. The molecule has 1 aromatic carbocycles. The van der Waals surface area contributed by atoms with Crippen LogP contribution in [0.4, 0.5) is 0 Å². The summed E-state index contributed by atoms with van der Waals surface area (Å²) in [5, 5.41) is 2.09. The minimum absolute atomic E-state index is 0.577. The van der Waals surface area contributed by atoms with Crippen LogP contribution in [0.3, 0.4) is 0 Å². The van der Waals surface area contributed by atoms with Gasteiger partial charge in [0.2, 0.25) is 0 Å². The summed E-state index contributed by atoms with van der Waals surface area (Å²) in [5.74, 6) is 0.870. The maximum Gasteiger partial charge on any atom is 0.124 e. The minimum Gasteiger partial charge on any atom is -0.496 e. The van der Waals surface area contributed by atoms with Crippen molar-refractivity contribution in [1.29, 1.82) is 0 Å². The third-order valence-corrected chi connectivity index (χ3v) is 4.00. The molecule has 0 aliphatic carbocycles. The molecule has 0 bridgehead atoms. The van der Waals surface area contributed by atoms with Crippen molar-refractivity contribution in [3.63, 3.8) is 0 Å². The van der Waals surface area contributed by atoms with Gasteiger partial charge in [-0.2, -0.15) is 0 Å². The first-order chi connectivity index (χ1) is 8.79. The van der Waals surface area contributed by atoms with Crippen LogP contribution in [0.5, 0.6) is 5.75 Å². The molecule has 0 radical (unpaired) electrons. The Morgan fingerprint density at radius 2 is 2.17 bits per heavy atom. The Hall–Kier alpha value is -0.840. The lowest BCUT2D eigenvalue weighted by molar-refractivity contribution is 0.122. The lowest BCUT2D eigenvalue weighted by Gasteiger charge is -2.09. The van der Waals surface area contributed by atoms with Crippen LogP contribution in [0.1, 0.15) is 10.4 Å². The molecule has 1 aromatic heterocycles. The molecule has 0 aliphatic rings. The first-order valence-electron chi connectivity index (χ1n) is 5.72. The van der Waals surface area contributed by atoms with E-state index in [0.29, 0.717) is 6.61 Å². The topological polar surface area (TPSA) is 18.5 Å². The number of benzene rings is 1. The third-order valence-electron chi connectivity index (χ3n) is 2.57. The predicted molar refractivity (Wildman–Crippen MR) is 78.4 cm³/mol. The maximum atomic E-state index is 5.70. The molecule has 96 valence electrons. The molecule has 2 rings (SSSR count). The summed E-state index contributed by atoms with van der Waals surface area (Å²) in [7, 11) is 1.68. The van der Waals surface area contributed by atoms with Crippen molar-refractivity contribution in [2.45, 2.75) is 13.0 Å². The highest BCUT2D eigenvalue weighted by molar-refractivity contribution is 9.10. The highest BCUT2D eigenvalue weighted by Gasteiger charge is 2.04. The quantitative estimate of drug-likeness (QED) is 0.738. The second kappa shape index (κ2) is 6.92. The maximum absolute atomic E-state index is 5.70. The second-order valence-electron chi connectivity index (χ2n) is 3.84. The van der Waals surface area contributed by atoms with Gasteiger partial charge in [0, 0.05) is 21.3 Å². The average molecular weight is 327 g/mol. The fourth-order valence-electron chi connectivity index (χ4n) is 1.67. The van der Waals surface area contributed by atoms with E-state index in [-0.39, 0.29) is 0 Å². The van der Waals surface area contributed by atoms with Crippen molar-refractivity contribution in [3.8, 4) is 5.75 Å². The lowest BCUT2D eigenvalue weighted by atomic mass is 10.2. The highest BCUT2D eigenvalue weighted by Crippen LogP contribution is 2.23. The van der Waals surface area contributed by atoms with E-state index in [9.17, 15) is 0 Å². The third kappa shape index (κ3) is 3.83. The average Bonchev–Trinajstić information content (AvgIpc) is 2.88. The van der Waals surface area contributed by atoms with Crippen LogP contribution in [0.15, 0.2) is 40.2 Å². The molecular weight excluding hydrogens is 312 g/mol. The standard InChI is InChI=1S/C14H15BrO2S/c1-16-14-5-4-12(15)9-11(14)10-17-7-6-13-3-2-8-18-13/h2-5,8-9H,6-7,10H2,1H3. The number of hydrogen-bond acceptors (Lipinski definition) is 3. The van der Waals surface area contributed by atoms with Gasteiger partial charge in [-0.3, -0.25) is 0 Å². The SMILES string of the molecule is COc1ccc(Br)cc1COCCc1cccs1. The van der Waals surface area contributed by atoms with Gasteiger partial charge >= 0.3 is 0 Å². The Balaban J connectivity index is 1.84. The summed E-state index contributed by atoms with van der Waals surface area (Å²) in [6, 6.07) is 10.1. The first kappa shape index (κ1) is 13.6. The number of rotatable bonds is 6. The summed E-state index contributed by atoms with van der Waals surface area (Å²) in [6.45, 7) is 1.31. The van der Waals surface area contributed by atoms with Crippen molar-refractivity contribution in [2.75, 3.05) is 13.7 Å². The number of halogens is 1. The summed E-state index contributed by atoms with van der Waals surface area (Å²) in [4.78, 5) is 1.36. The van der Waals surface area contributed by atoms with Gasteiger partial charge in [0.05, 0.1) is 20.3 Å². The van der Waals surface area contributed by atoms with Crippen molar-refractivity contribution < 1.29 is 9.47 Å². The Morgan fingerprint density at radius 3 is 2.89 bits per heavy atom. The monoisotopic (exact) mass is 326 g/mol. The largest absolute Gasteiger partial charge is 0.496 e. The zero-order valence-electron chi connectivity index (χ0n) is 10.2. The molecule has 0 saturated heterocycles. The zero-order chi connectivity index (χ0) is 12.8. The van der Waals surface area contributed by atoms with Crippen LogP contribution < -0.4 is 4.74 Å². The molecule has 0 saturated carbocycles. The smallest absolute Gasteiger partial charge is 0.124 e. The first-order valence-corrected chi connectivity index (χ1v) is 7.39. The summed E-state index contributed by atoms with van der Waals surface area (Å²) < 4.78 is 12.0. The Morgan fingerprint density at radius 1 is 1.28 bits per heavy atom. The van der Waals surface area contributed by atoms with Gasteiger partial charge < -0.3 is 9.47 Å². The molecule has 4 heteroatoms. The van der Waals surface area contributed by atoms with Gasteiger partial charge in [0.15, 0.2) is 0 Å². The van der Waals surface area contributed by atoms with E-state index in [1.165, 1.54) is 4.88 Å². The van der Waals surface area contributed by atoms with Gasteiger partial charge in [-0.05, 0) is 29.6 Å². The summed E-state index contributed by atoms with van der Waals surface area (Å²) in [5.41, 5.74) is 1.07. The van der Waals surface area contributed by atoms with E-state index in [0.717, 1.165) is 28.8 Å². The van der Waals surface area contributed by atoms with Crippen LogP contribution in [0.25, 0.3) is 0 Å². The molecule has 18 heavy (non-hydrogen) atoms. The van der Waals surface area contributed by atoms with E-state index >= 15 is 0 Å². The van der Waals surface area contributed by atoms with E-state index in [1.54, 1.807) is 18.4 Å². The molecule has 2 aromatic rings. The van der Waals surface area contributed by atoms with Crippen LogP contribution in [0.2, 0.25) is 0 Å². The van der Waals surface area contributed by atoms with Gasteiger partial charge in [-0.1, -0.05) is 22.0 Å².